The van der Waals surface area contributed by atoms with Gasteiger partial charge in [-0.05, 0) is 36.8 Å². The maximum Gasteiger partial charge on any atom is 0.0931 e. The minimum absolute atomic E-state index is 0.507. The number of aliphatic hydroxyl groups is 1. The van der Waals surface area contributed by atoms with Gasteiger partial charge in [-0.1, -0.05) is 29.3 Å². The summed E-state index contributed by atoms with van der Waals surface area (Å²) >= 11 is 13.8. The molecule has 1 heterocycles. The van der Waals surface area contributed by atoms with E-state index in [9.17, 15) is 5.11 Å². The molecule has 2 nitrogen and oxygen atoms in total. The van der Waals surface area contributed by atoms with Gasteiger partial charge in [0.1, 0.15) is 0 Å². The maximum atomic E-state index is 9.53. The van der Waals surface area contributed by atoms with E-state index >= 15 is 0 Å². The van der Waals surface area contributed by atoms with Crippen LogP contribution in [0.3, 0.4) is 0 Å². The van der Waals surface area contributed by atoms with Crippen LogP contribution in [0.1, 0.15) is 23.5 Å². The fourth-order valence-corrected chi connectivity index (χ4v) is 3.32. The highest BCUT2D eigenvalue weighted by Crippen LogP contribution is 2.30. The molecule has 1 atom stereocenters. The first-order valence-corrected chi connectivity index (χ1v) is 7.47. The van der Waals surface area contributed by atoms with Gasteiger partial charge in [-0.25, -0.2) is 0 Å². The van der Waals surface area contributed by atoms with E-state index in [1.165, 1.54) is 4.88 Å². The predicted molar refractivity (Wildman–Crippen MR) is 83.5 cm³/mol. The number of halogens is 2. The number of benzene rings is 1. The van der Waals surface area contributed by atoms with E-state index in [2.05, 4.69) is 4.90 Å². The molecule has 0 amide bonds. The fourth-order valence-electron chi connectivity index (χ4n) is 1.85. The lowest BCUT2D eigenvalue weighted by Gasteiger charge is -2.20. The Kier molecular flexibility index (Phi) is 4.74. The van der Waals surface area contributed by atoms with E-state index in [-0.39, 0.29) is 0 Å². The standard InChI is InChI=1S/C14H15Cl2NOS/c1-9(18)10-3-5-13(12(15)7-10)17(2)8-11-4-6-14(16)19-11/h3-7,9,18H,8H2,1-2H3/t9-/m1/s1. The van der Waals surface area contributed by atoms with Crippen LogP contribution in [0.5, 0.6) is 0 Å². The van der Waals surface area contributed by atoms with Gasteiger partial charge in [-0.2, -0.15) is 0 Å². The smallest absolute Gasteiger partial charge is 0.0931 e. The maximum absolute atomic E-state index is 9.53. The van der Waals surface area contributed by atoms with Crippen molar-refractivity contribution in [2.75, 3.05) is 11.9 Å². The zero-order valence-corrected chi connectivity index (χ0v) is 13.1. The largest absolute Gasteiger partial charge is 0.389 e. The molecule has 102 valence electrons. The zero-order chi connectivity index (χ0) is 14.0. The van der Waals surface area contributed by atoms with Crippen LogP contribution in [0, 0.1) is 0 Å². The Morgan fingerprint density at radius 2 is 2.00 bits per heavy atom. The van der Waals surface area contributed by atoms with Crippen LogP contribution in [-0.4, -0.2) is 12.2 Å². The van der Waals surface area contributed by atoms with Gasteiger partial charge in [0, 0.05) is 11.9 Å². The summed E-state index contributed by atoms with van der Waals surface area (Å²) in [7, 11) is 1.98. The zero-order valence-electron chi connectivity index (χ0n) is 10.7. The molecule has 0 fully saturated rings. The first-order chi connectivity index (χ1) is 8.97. The summed E-state index contributed by atoms with van der Waals surface area (Å²) < 4.78 is 0.791. The lowest BCUT2D eigenvalue weighted by molar-refractivity contribution is 0.199. The molecule has 0 radical (unpaired) electrons. The van der Waals surface area contributed by atoms with Crippen LogP contribution in [0.4, 0.5) is 5.69 Å². The minimum Gasteiger partial charge on any atom is -0.389 e. The molecule has 0 saturated heterocycles. The average Bonchev–Trinajstić information content (AvgIpc) is 2.74. The van der Waals surface area contributed by atoms with E-state index in [1.54, 1.807) is 24.3 Å². The van der Waals surface area contributed by atoms with Gasteiger partial charge >= 0.3 is 0 Å². The summed E-state index contributed by atoms with van der Waals surface area (Å²) in [6, 6.07) is 9.54. The first-order valence-electron chi connectivity index (χ1n) is 5.90. The van der Waals surface area contributed by atoms with Crippen molar-refractivity contribution in [3.8, 4) is 0 Å². The van der Waals surface area contributed by atoms with Crippen molar-refractivity contribution in [3.05, 3.63) is 50.1 Å². The summed E-state index contributed by atoms with van der Waals surface area (Å²) in [6.45, 7) is 2.48. The van der Waals surface area contributed by atoms with Crippen LogP contribution in [0.15, 0.2) is 30.3 Å². The third kappa shape index (κ3) is 3.63. The van der Waals surface area contributed by atoms with Crippen LogP contribution in [0.25, 0.3) is 0 Å². The van der Waals surface area contributed by atoms with E-state index in [4.69, 9.17) is 23.2 Å². The van der Waals surface area contributed by atoms with Crippen LogP contribution in [0.2, 0.25) is 9.36 Å². The normalized spacial score (nSPS) is 12.5. The van der Waals surface area contributed by atoms with Crippen molar-refractivity contribution in [1.82, 2.24) is 0 Å². The van der Waals surface area contributed by atoms with Gasteiger partial charge in [0.15, 0.2) is 0 Å². The quantitative estimate of drug-likeness (QED) is 0.880. The summed E-state index contributed by atoms with van der Waals surface area (Å²) in [5.74, 6) is 0. The van der Waals surface area contributed by atoms with Crippen molar-refractivity contribution < 1.29 is 5.11 Å². The fraction of sp³-hybridized carbons (Fsp3) is 0.286. The second-order valence-electron chi connectivity index (χ2n) is 4.45. The molecular formula is C14H15Cl2NOS. The van der Waals surface area contributed by atoms with Gasteiger partial charge in [0.25, 0.3) is 0 Å². The van der Waals surface area contributed by atoms with Crippen molar-refractivity contribution in [1.29, 1.82) is 0 Å². The number of hydrogen-bond acceptors (Lipinski definition) is 3. The highest BCUT2D eigenvalue weighted by atomic mass is 35.5. The molecule has 0 aliphatic heterocycles. The van der Waals surface area contributed by atoms with E-state index in [1.807, 2.05) is 31.3 Å². The molecule has 0 unspecified atom stereocenters. The lowest BCUT2D eigenvalue weighted by atomic mass is 10.1. The molecule has 2 aromatic rings. The van der Waals surface area contributed by atoms with Gasteiger partial charge in [0.05, 0.1) is 27.7 Å². The molecular weight excluding hydrogens is 301 g/mol. The number of anilines is 1. The van der Waals surface area contributed by atoms with E-state index < -0.39 is 6.10 Å². The highest BCUT2D eigenvalue weighted by molar-refractivity contribution is 7.16. The number of thiophene rings is 1. The molecule has 1 aromatic carbocycles. The topological polar surface area (TPSA) is 23.5 Å². The molecule has 0 bridgehead atoms. The van der Waals surface area contributed by atoms with Gasteiger partial charge in [0.2, 0.25) is 0 Å². The van der Waals surface area contributed by atoms with E-state index in [0.717, 1.165) is 22.1 Å². The summed E-state index contributed by atoms with van der Waals surface area (Å²) in [5, 5.41) is 10.2. The van der Waals surface area contributed by atoms with Crippen molar-refractivity contribution in [3.63, 3.8) is 0 Å². The van der Waals surface area contributed by atoms with E-state index in [0.29, 0.717) is 5.02 Å². The Morgan fingerprint density at radius 1 is 1.26 bits per heavy atom. The lowest BCUT2D eigenvalue weighted by Crippen LogP contribution is -2.16. The Labute approximate surface area is 127 Å². The highest BCUT2D eigenvalue weighted by Gasteiger charge is 2.10. The van der Waals surface area contributed by atoms with Gasteiger partial charge in [-0.3, -0.25) is 0 Å². The Balaban J connectivity index is 2.17. The summed E-state index contributed by atoms with van der Waals surface area (Å²) in [6.07, 6.45) is -0.507. The van der Waals surface area contributed by atoms with Gasteiger partial charge in [-0.15, -0.1) is 11.3 Å². The molecule has 2 rings (SSSR count). The molecule has 0 aliphatic carbocycles. The molecule has 0 aliphatic rings. The molecule has 0 spiro atoms. The average molecular weight is 316 g/mol. The number of hydrogen-bond donors (Lipinski definition) is 1. The second-order valence-corrected chi connectivity index (χ2v) is 6.66. The summed E-state index contributed by atoms with van der Waals surface area (Å²) in [5.41, 5.74) is 1.76. The summed E-state index contributed by atoms with van der Waals surface area (Å²) in [4.78, 5) is 3.25. The monoisotopic (exact) mass is 315 g/mol. The molecule has 5 heteroatoms. The molecule has 1 N–H and O–H groups in total. The number of nitrogens with zero attached hydrogens (tertiary/aromatic N) is 1. The molecule has 1 aromatic heterocycles. The van der Waals surface area contributed by atoms with Crippen molar-refractivity contribution >= 4 is 40.2 Å². The second kappa shape index (κ2) is 6.14. The minimum atomic E-state index is -0.507. The third-order valence-corrected chi connectivity index (χ3v) is 4.41. The Morgan fingerprint density at radius 3 is 2.53 bits per heavy atom. The molecule has 19 heavy (non-hydrogen) atoms. The van der Waals surface area contributed by atoms with Crippen LogP contribution < -0.4 is 4.90 Å². The third-order valence-electron chi connectivity index (χ3n) is 2.89. The van der Waals surface area contributed by atoms with Crippen molar-refractivity contribution in [2.24, 2.45) is 0 Å². The molecule has 0 saturated carbocycles. The predicted octanol–water partition coefficient (Wildman–Crippen LogP) is 4.74. The van der Waals surface area contributed by atoms with Gasteiger partial charge < -0.3 is 10.0 Å². The van der Waals surface area contributed by atoms with Crippen molar-refractivity contribution in [2.45, 2.75) is 19.6 Å². The Hall–Kier alpha value is -0.740. The van der Waals surface area contributed by atoms with Crippen LogP contribution >= 0.6 is 34.5 Å². The SMILES string of the molecule is C[C@@H](O)c1ccc(N(C)Cc2ccc(Cl)s2)c(Cl)c1. The van der Waals surface area contributed by atoms with Crippen LogP contribution in [-0.2, 0) is 6.54 Å². The number of aliphatic hydroxyl groups excluding tert-OH is 1. The Bertz CT molecular complexity index is 568. The first kappa shape index (κ1) is 14.7. The number of rotatable bonds is 4.